The first-order chi connectivity index (χ1) is 14.8. The third-order valence-corrected chi connectivity index (χ3v) is 4.57. The summed E-state index contributed by atoms with van der Waals surface area (Å²) in [7, 11) is 3.11. The molecule has 10 heteroatoms. The summed E-state index contributed by atoms with van der Waals surface area (Å²) in [4.78, 5) is 24.4. The number of benzene rings is 2. The van der Waals surface area contributed by atoms with Crippen molar-refractivity contribution in [3.05, 3.63) is 59.2 Å². The number of halogens is 1. The van der Waals surface area contributed by atoms with Crippen LogP contribution in [0.15, 0.2) is 42.5 Å². The Morgan fingerprint density at radius 3 is 2.22 bits per heavy atom. The molecule has 0 spiro atoms. The summed E-state index contributed by atoms with van der Waals surface area (Å²) in [6.45, 7) is 2.48. The van der Waals surface area contributed by atoms with Crippen molar-refractivity contribution in [3.8, 4) is 11.5 Å². The molecule has 6 N–H and O–H groups in total. The van der Waals surface area contributed by atoms with Crippen LogP contribution in [0.4, 0.5) is 0 Å². The van der Waals surface area contributed by atoms with E-state index in [4.69, 9.17) is 20.6 Å². The maximum Gasteiger partial charge on any atom is 0.242 e. The lowest BCUT2D eigenvalue weighted by molar-refractivity contribution is -0.128. The average Bonchev–Trinajstić information content (AvgIpc) is 2.77. The molecule has 32 heavy (non-hydrogen) atoms. The van der Waals surface area contributed by atoms with Crippen LogP contribution in [0.2, 0.25) is 0 Å². The highest BCUT2D eigenvalue weighted by molar-refractivity contribution is 5.94. The minimum Gasteiger partial charge on any atom is -0.493 e. The number of nitrogens with one attached hydrogen (secondary N) is 4. The van der Waals surface area contributed by atoms with Crippen LogP contribution in [0.5, 0.6) is 11.5 Å². The Bertz CT molecular complexity index is 921. The highest BCUT2D eigenvalue weighted by Crippen LogP contribution is 2.27. The molecule has 0 heterocycles. The number of ether oxygens (including phenoxy) is 2. The quantitative estimate of drug-likeness (QED) is 0.251. The van der Waals surface area contributed by atoms with Crippen LogP contribution in [-0.2, 0) is 22.7 Å². The molecule has 0 aromatic heterocycles. The Labute approximate surface area is 194 Å². The standard InChI is InChI=1S/C22H29N5O4.ClH/c1-14(22(29)26-12-16-6-9-18(30-2)19(10-16)31-3)27-20(28)13-25-11-15-4-7-17(8-5-15)21(23)24;/h4-10,14,25H,11-13H2,1-3H3,(H3,23,24)(H,26,29)(H,27,28);1H. The van der Waals surface area contributed by atoms with E-state index in [1.54, 1.807) is 45.4 Å². The van der Waals surface area contributed by atoms with E-state index in [-0.39, 0.29) is 36.6 Å². The van der Waals surface area contributed by atoms with E-state index in [2.05, 4.69) is 16.0 Å². The Hall–Kier alpha value is -3.30. The number of carbonyl (C=O) groups excluding carboxylic acids is 2. The number of amides is 2. The Morgan fingerprint density at radius 2 is 1.62 bits per heavy atom. The summed E-state index contributed by atoms with van der Waals surface area (Å²) in [6, 6.07) is 11.9. The molecule has 0 saturated heterocycles. The van der Waals surface area contributed by atoms with Gasteiger partial charge in [-0.1, -0.05) is 30.3 Å². The number of nitrogen functional groups attached to an aromatic ring is 1. The molecule has 2 aromatic carbocycles. The second kappa shape index (κ2) is 13.2. The van der Waals surface area contributed by atoms with E-state index in [0.29, 0.717) is 30.2 Å². The van der Waals surface area contributed by atoms with Gasteiger partial charge in [-0.05, 0) is 30.2 Å². The van der Waals surface area contributed by atoms with Gasteiger partial charge in [-0.15, -0.1) is 12.4 Å². The number of amidine groups is 1. The molecule has 2 aromatic rings. The third kappa shape index (κ3) is 8.09. The molecule has 0 radical (unpaired) electrons. The van der Waals surface area contributed by atoms with E-state index < -0.39 is 6.04 Å². The van der Waals surface area contributed by atoms with Crippen molar-refractivity contribution in [2.75, 3.05) is 20.8 Å². The largest absolute Gasteiger partial charge is 0.493 e. The zero-order valence-electron chi connectivity index (χ0n) is 18.4. The van der Waals surface area contributed by atoms with Crippen LogP contribution in [-0.4, -0.2) is 44.5 Å². The molecule has 0 bridgehead atoms. The highest BCUT2D eigenvalue weighted by atomic mass is 35.5. The van der Waals surface area contributed by atoms with Gasteiger partial charge in [0, 0.05) is 18.7 Å². The summed E-state index contributed by atoms with van der Waals surface area (Å²) in [5.41, 5.74) is 7.88. The maximum atomic E-state index is 12.3. The average molecular weight is 464 g/mol. The predicted octanol–water partition coefficient (Wildman–Crippen LogP) is 1.32. The van der Waals surface area contributed by atoms with Gasteiger partial charge in [-0.3, -0.25) is 15.0 Å². The topological polar surface area (TPSA) is 139 Å². The lowest BCUT2D eigenvalue weighted by Gasteiger charge is -2.15. The Morgan fingerprint density at radius 1 is 1.00 bits per heavy atom. The summed E-state index contributed by atoms with van der Waals surface area (Å²) in [6.07, 6.45) is 0. The van der Waals surface area contributed by atoms with Crippen LogP contribution in [0, 0.1) is 5.41 Å². The minimum absolute atomic E-state index is 0. The van der Waals surface area contributed by atoms with Crippen molar-refractivity contribution in [1.29, 1.82) is 5.41 Å². The van der Waals surface area contributed by atoms with E-state index >= 15 is 0 Å². The summed E-state index contributed by atoms with van der Waals surface area (Å²) >= 11 is 0. The van der Waals surface area contributed by atoms with E-state index in [1.807, 2.05) is 18.2 Å². The van der Waals surface area contributed by atoms with Gasteiger partial charge < -0.3 is 31.2 Å². The second-order valence-corrected chi connectivity index (χ2v) is 6.91. The monoisotopic (exact) mass is 463 g/mol. The minimum atomic E-state index is -0.677. The number of methoxy groups -OCH3 is 2. The van der Waals surface area contributed by atoms with Crippen LogP contribution < -0.4 is 31.2 Å². The lowest BCUT2D eigenvalue weighted by Crippen LogP contribution is -2.47. The molecule has 1 atom stereocenters. The SMILES string of the molecule is COc1ccc(CNC(=O)C(C)NC(=O)CNCc2ccc(C(=N)N)cc2)cc1OC.Cl. The van der Waals surface area contributed by atoms with Crippen molar-refractivity contribution in [1.82, 2.24) is 16.0 Å². The van der Waals surface area contributed by atoms with Gasteiger partial charge in [-0.25, -0.2) is 0 Å². The molecular formula is C22H30ClN5O4. The first kappa shape index (κ1) is 26.7. The molecule has 9 nitrogen and oxygen atoms in total. The van der Waals surface area contributed by atoms with Gasteiger partial charge in [0.15, 0.2) is 11.5 Å². The molecule has 1 unspecified atom stereocenters. The first-order valence-corrected chi connectivity index (χ1v) is 9.76. The lowest BCUT2D eigenvalue weighted by atomic mass is 10.1. The molecule has 2 amide bonds. The Kier molecular flexibility index (Phi) is 11.0. The van der Waals surface area contributed by atoms with E-state index in [1.165, 1.54) is 0 Å². The van der Waals surface area contributed by atoms with Gasteiger partial charge in [-0.2, -0.15) is 0 Å². The van der Waals surface area contributed by atoms with Crippen molar-refractivity contribution >= 4 is 30.1 Å². The second-order valence-electron chi connectivity index (χ2n) is 6.91. The smallest absolute Gasteiger partial charge is 0.242 e. The van der Waals surface area contributed by atoms with Crippen LogP contribution in [0.25, 0.3) is 0 Å². The molecule has 0 saturated carbocycles. The molecular weight excluding hydrogens is 434 g/mol. The van der Waals surface area contributed by atoms with Gasteiger partial charge in [0.25, 0.3) is 0 Å². The number of carbonyl (C=O) groups is 2. The third-order valence-electron chi connectivity index (χ3n) is 4.57. The Balaban J connectivity index is 0.00000512. The van der Waals surface area contributed by atoms with Gasteiger partial charge in [0.2, 0.25) is 11.8 Å². The predicted molar refractivity (Wildman–Crippen MR) is 125 cm³/mol. The fourth-order valence-electron chi connectivity index (χ4n) is 2.81. The number of nitrogens with two attached hydrogens (primary N) is 1. The molecule has 0 aliphatic rings. The van der Waals surface area contributed by atoms with E-state index in [9.17, 15) is 9.59 Å². The zero-order valence-corrected chi connectivity index (χ0v) is 19.2. The van der Waals surface area contributed by atoms with Gasteiger partial charge in [0.1, 0.15) is 11.9 Å². The van der Waals surface area contributed by atoms with Crippen molar-refractivity contribution in [2.24, 2.45) is 5.73 Å². The summed E-state index contributed by atoms with van der Waals surface area (Å²) in [5, 5.41) is 15.9. The van der Waals surface area contributed by atoms with E-state index in [0.717, 1.165) is 11.1 Å². The molecule has 174 valence electrons. The van der Waals surface area contributed by atoms with Gasteiger partial charge in [0.05, 0.1) is 20.8 Å². The van der Waals surface area contributed by atoms with Crippen molar-refractivity contribution in [3.63, 3.8) is 0 Å². The normalized spacial score (nSPS) is 11.0. The number of hydrogen-bond acceptors (Lipinski definition) is 6. The first-order valence-electron chi connectivity index (χ1n) is 9.76. The van der Waals surface area contributed by atoms with Crippen LogP contribution >= 0.6 is 12.4 Å². The molecule has 0 aliphatic carbocycles. The zero-order chi connectivity index (χ0) is 22.8. The van der Waals surface area contributed by atoms with Crippen LogP contribution in [0.1, 0.15) is 23.6 Å². The summed E-state index contributed by atoms with van der Waals surface area (Å²) in [5.74, 6) is 0.632. The van der Waals surface area contributed by atoms with Crippen molar-refractivity contribution < 1.29 is 19.1 Å². The van der Waals surface area contributed by atoms with Crippen LogP contribution in [0.3, 0.4) is 0 Å². The fraction of sp³-hybridized carbons (Fsp3) is 0.318. The number of rotatable bonds is 11. The molecule has 2 rings (SSSR count). The van der Waals surface area contributed by atoms with Crippen molar-refractivity contribution in [2.45, 2.75) is 26.1 Å². The maximum absolute atomic E-state index is 12.3. The number of hydrogen-bond donors (Lipinski definition) is 5. The highest BCUT2D eigenvalue weighted by Gasteiger charge is 2.15. The summed E-state index contributed by atoms with van der Waals surface area (Å²) < 4.78 is 10.4. The molecule has 0 fully saturated rings. The fourth-order valence-corrected chi connectivity index (χ4v) is 2.81. The molecule has 0 aliphatic heterocycles. The van der Waals surface area contributed by atoms with Gasteiger partial charge >= 0.3 is 0 Å².